The van der Waals surface area contributed by atoms with Gasteiger partial charge >= 0.3 is 12.1 Å². The number of rotatable bonds is 4. The largest absolute Gasteiger partial charge is 0.490 e. The fourth-order valence-corrected chi connectivity index (χ4v) is 1.73. The van der Waals surface area contributed by atoms with Gasteiger partial charge < -0.3 is 15.0 Å². The number of urea groups is 1. The molecule has 0 aliphatic carbocycles. The van der Waals surface area contributed by atoms with Crippen LogP contribution in [0.4, 0.5) is 4.79 Å². The number of nitrogens with one attached hydrogen (secondary N) is 1. The van der Waals surface area contributed by atoms with E-state index in [-0.39, 0.29) is 6.03 Å². The minimum absolute atomic E-state index is 0.0598. The summed E-state index contributed by atoms with van der Waals surface area (Å²) < 4.78 is 5.54. The maximum absolute atomic E-state index is 11.3. The van der Waals surface area contributed by atoms with Crippen molar-refractivity contribution in [2.24, 2.45) is 0 Å². The molecule has 0 bridgehead atoms. The normalized spacial score (nSPS) is 13.8. The highest BCUT2D eigenvalue weighted by Crippen LogP contribution is 2.16. The van der Waals surface area contributed by atoms with Gasteiger partial charge in [-0.3, -0.25) is 0 Å². The van der Waals surface area contributed by atoms with E-state index in [1.54, 1.807) is 23.1 Å². The molecule has 2 N–H and O–H groups in total. The van der Waals surface area contributed by atoms with Gasteiger partial charge in [0.15, 0.2) is 0 Å². The third-order valence-corrected chi connectivity index (χ3v) is 2.62. The fourth-order valence-electron chi connectivity index (χ4n) is 1.73. The minimum Gasteiger partial charge on any atom is -0.490 e. The molecule has 1 saturated heterocycles. The molecule has 94 valence electrons. The Hall–Kier alpha value is -2.42. The molecular formula is C12H14N3O3+. The van der Waals surface area contributed by atoms with E-state index in [9.17, 15) is 4.79 Å². The summed E-state index contributed by atoms with van der Waals surface area (Å²) in [6.07, 6.45) is 0. The standard InChI is InChI=1S/C12H13N3O3/c16-12-13-5-6-15(12)7-8-18-11-4-2-1-3-10(11)9-14-17/h1-4H,5-8H2,(H-,13,16,17)/p+1. The number of carbonyl (C=O) groups is 1. The molecule has 0 aromatic heterocycles. The summed E-state index contributed by atoms with van der Waals surface area (Å²) in [6, 6.07) is 9.48. The van der Waals surface area contributed by atoms with Crippen molar-refractivity contribution in [3.8, 4) is 11.8 Å². The second kappa shape index (κ2) is 5.77. The molecule has 0 radical (unpaired) electrons. The van der Waals surface area contributed by atoms with Crippen LogP contribution in [0, 0.1) is 6.07 Å². The van der Waals surface area contributed by atoms with Crippen LogP contribution in [0.5, 0.6) is 5.75 Å². The molecule has 1 aliphatic rings. The van der Waals surface area contributed by atoms with Crippen LogP contribution >= 0.6 is 0 Å². The molecule has 2 rings (SSSR count). The second-order valence-corrected chi connectivity index (χ2v) is 3.78. The number of amides is 2. The lowest BCUT2D eigenvalue weighted by atomic mass is 10.2. The Labute approximate surface area is 105 Å². The molecule has 18 heavy (non-hydrogen) atoms. The summed E-state index contributed by atoms with van der Waals surface area (Å²) in [5.74, 6) is 0.579. The summed E-state index contributed by atoms with van der Waals surface area (Å²) in [5.41, 5.74) is 0.575. The van der Waals surface area contributed by atoms with Crippen molar-refractivity contribution in [3.63, 3.8) is 0 Å². The van der Waals surface area contributed by atoms with E-state index in [2.05, 4.69) is 16.4 Å². The first kappa shape index (κ1) is 12.0. The van der Waals surface area contributed by atoms with Gasteiger partial charge in [0, 0.05) is 13.1 Å². The first-order valence-corrected chi connectivity index (χ1v) is 5.66. The molecule has 1 fully saturated rings. The van der Waals surface area contributed by atoms with Gasteiger partial charge in [-0.15, -0.1) is 0 Å². The lowest BCUT2D eigenvalue weighted by Gasteiger charge is -2.14. The number of benzene rings is 1. The zero-order valence-electron chi connectivity index (χ0n) is 9.80. The Morgan fingerprint density at radius 3 is 3.06 bits per heavy atom. The molecule has 2 amide bonds. The van der Waals surface area contributed by atoms with Crippen LogP contribution in [0.1, 0.15) is 5.56 Å². The molecule has 0 spiro atoms. The zero-order valence-corrected chi connectivity index (χ0v) is 9.80. The van der Waals surface area contributed by atoms with Crippen molar-refractivity contribution in [3.05, 3.63) is 34.8 Å². The maximum Gasteiger partial charge on any atom is 0.392 e. The van der Waals surface area contributed by atoms with E-state index < -0.39 is 0 Å². The Balaban J connectivity index is 1.89. The van der Waals surface area contributed by atoms with Gasteiger partial charge in [-0.05, 0) is 12.1 Å². The van der Waals surface area contributed by atoms with Crippen LogP contribution in [0.3, 0.4) is 0 Å². The summed E-state index contributed by atoms with van der Waals surface area (Å²) >= 11 is 0. The van der Waals surface area contributed by atoms with E-state index in [4.69, 9.17) is 9.94 Å². The summed E-state index contributed by atoms with van der Waals surface area (Å²) in [7, 11) is 0. The molecule has 1 aromatic rings. The van der Waals surface area contributed by atoms with Crippen LogP contribution in [-0.4, -0.2) is 42.4 Å². The first-order valence-electron chi connectivity index (χ1n) is 5.66. The SMILES string of the molecule is O=C1NCCN1CCOc1ccccc1C#[N+]O. The van der Waals surface area contributed by atoms with E-state index in [1.807, 2.05) is 6.07 Å². The molecule has 1 aromatic carbocycles. The second-order valence-electron chi connectivity index (χ2n) is 3.78. The van der Waals surface area contributed by atoms with Gasteiger partial charge in [0.1, 0.15) is 17.9 Å². The van der Waals surface area contributed by atoms with Gasteiger partial charge in [-0.25, -0.2) is 4.79 Å². The Morgan fingerprint density at radius 1 is 1.50 bits per heavy atom. The lowest BCUT2D eigenvalue weighted by Crippen LogP contribution is -2.31. The summed E-state index contributed by atoms with van der Waals surface area (Å²) in [5, 5.41) is 14.1. The lowest BCUT2D eigenvalue weighted by molar-refractivity contribution is 0.202. The van der Waals surface area contributed by atoms with Crippen LogP contribution in [0.2, 0.25) is 0 Å². The van der Waals surface area contributed by atoms with Gasteiger partial charge in [0.05, 0.1) is 6.54 Å². The van der Waals surface area contributed by atoms with Crippen molar-refractivity contribution in [2.75, 3.05) is 26.2 Å². The Bertz CT molecular complexity index is 493. The Kier molecular flexibility index (Phi) is 3.86. The molecule has 0 atom stereocenters. The number of para-hydroxylation sites is 1. The average molecular weight is 248 g/mol. The van der Waals surface area contributed by atoms with Crippen molar-refractivity contribution in [1.29, 1.82) is 0 Å². The van der Waals surface area contributed by atoms with Crippen molar-refractivity contribution < 1.29 is 14.7 Å². The molecule has 6 heteroatoms. The molecular weight excluding hydrogens is 234 g/mol. The first-order chi connectivity index (χ1) is 8.81. The van der Waals surface area contributed by atoms with Gasteiger partial charge in [0.25, 0.3) is 0 Å². The van der Waals surface area contributed by atoms with E-state index in [0.29, 0.717) is 37.6 Å². The topological polar surface area (TPSA) is 66.2 Å². The highest BCUT2D eigenvalue weighted by molar-refractivity contribution is 5.76. The minimum atomic E-state index is -0.0598. The monoisotopic (exact) mass is 248 g/mol. The van der Waals surface area contributed by atoms with E-state index in [0.717, 1.165) is 0 Å². The highest BCUT2D eigenvalue weighted by atomic mass is 16.5. The third-order valence-electron chi connectivity index (χ3n) is 2.62. The van der Waals surface area contributed by atoms with E-state index >= 15 is 0 Å². The van der Waals surface area contributed by atoms with Crippen LogP contribution in [0.15, 0.2) is 24.3 Å². The molecule has 6 nitrogen and oxygen atoms in total. The quantitative estimate of drug-likeness (QED) is 0.786. The number of nitrogens with zero attached hydrogens (tertiary/aromatic N) is 2. The maximum atomic E-state index is 11.3. The van der Waals surface area contributed by atoms with Crippen LogP contribution < -0.4 is 10.1 Å². The molecule has 0 unspecified atom stereocenters. The van der Waals surface area contributed by atoms with Crippen molar-refractivity contribution >= 4 is 6.03 Å². The highest BCUT2D eigenvalue weighted by Gasteiger charge is 2.18. The van der Waals surface area contributed by atoms with Gasteiger partial charge in [-0.2, -0.15) is 5.21 Å². The zero-order chi connectivity index (χ0) is 12.8. The number of carbonyl (C=O) groups excluding carboxylic acids is 1. The number of ether oxygens (including phenoxy) is 1. The summed E-state index contributed by atoms with van der Waals surface area (Å²) in [6.45, 7) is 2.29. The van der Waals surface area contributed by atoms with Crippen LogP contribution in [0.25, 0.3) is 5.01 Å². The van der Waals surface area contributed by atoms with Crippen LogP contribution in [-0.2, 0) is 0 Å². The fraction of sp³-hybridized carbons (Fsp3) is 0.333. The van der Waals surface area contributed by atoms with E-state index in [1.165, 1.54) is 0 Å². The molecule has 1 aliphatic heterocycles. The summed E-state index contributed by atoms with van der Waals surface area (Å²) in [4.78, 5) is 13.0. The van der Waals surface area contributed by atoms with Crippen molar-refractivity contribution in [2.45, 2.75) is 0 Å². The third kappa shape index (κ3) is 2.83. The van der Waals surface area contributed by atoms with Crippen molar-refractivity contribution in [1.82, 2.24) is 10.2 Å². The Morgan fingerprint density at radius 2 is 2.33 bits per heavy atom. The molecule has 0 saturated carbocycles. The molecule has 1 heterocycles. The predicted molar refractivity (Wildman–Crippen MR) is 65.0 cm³/mol. The number of hydrogen-bond donors (Lipinski definition) is 2. The van der Waals surface area contributed by atoms with Gasteiger partial charge in [-0.1, -0.05) is 12.1 Å². The predicted octanol–water partition coefficient (Wildman–Crippen LogP) is 1.16. The smallest absolute Gasteiger partial charge is 0.392 e. The number of hydrogen-bond acceptors (Lipinski definition) is 3. The average Bonchev–Trinajstić information content (AvgIpc) is 2.78. The van der Waals surface area contributed by atoms with Gasteiger partial charge in [0.2, 0.25) is 5.01 Å².